The Balaban J connectivity index is 1.64. The molecule has 0 bridgehead atoms. The van der Waals surface area contributed by atoms with Gasteiger partial charge >= 0.3 is 0 Å². The zero-order chi connectivity index (χ0) is 26.2. The molecule has 0 saturated heterocycles. The molecule has 0 saturated carbocycles. The Labute approximate surface area is 213 Å². The van der Waals surface area contributed by atoms with E-state index >= 15 is 0 Å². The third-order valence-corrected chi connectivity index (χ3v) is 8.88. The Morgan fingerprint density at radius 1 is 0.865 bits per heavy atom. The Morgan fingerprint density at radius 3 is 2.16 bits per heavy atom. The van der Waals surface area contributed by atoms with Crippen LogP contribution >= 0.6 is 0 Å². The summed E-state index contributed by atoms with van der Waals surface area (Å²) in [5.41, 5.74) is 8.05. The zero-order valence-electron chi connectivity index (χ0n) is 19.2. The van der Waals surface area contributed by atoms with Gasteiger partial charge in [0.1, 0.15) is 0 Å². The number of hydrogen-bond acceptors (Lipinski definition) is 7. The van der Waals surface area contributed by atoms with E-state index in [9.17, 15) is 16.8 Å². The Morgan fingerprint density at radius 2 is 1.51 bits per heavy atom. The monoisotopic (exact) mass is 531 g/mol. The lowest BCUT2D eigenvalue weighted by atomic mass is 10.00. The average Bonchev–Trinajstić information content (AvgIpc) is 3.35. The van der Waals surface area contributed by atoms with E-state index in [4.69, 9.17) is 11.1 Å². The van der Waals surface area contributed by atoms with Gasteiger partial charge in [0.15, 0.2) is 5.65 Å². The standard InChI is InChI=1S/C26H21N5O4S2/c27-17-23-24(28)15-18(16-25(23)30-36(32,33)19-7-3-1-4-8-19)21-11-13-29-26-22(21)12-14-31(26)37(34,35)20-9-5-2-6-10-20/h1-17,27,30H,28H2. The molecule has 0 radical (unpaired) electrons. The quantitative estimate of drug-likeness (QED) is 0.210. The highest BCUT2D eigenvalue weighted by Crippen LogP contribution is 2.35. The molecule has 2 heterocycles. The zero-order valence-corrected chi connectivity index (χ0v) is 20.9. The number of nitrogens with one attached hydrogen (secondary N) is 2. The lowest BCUT2D eigenvalue weighted by Gasteiger charge is -2.15. The number of nitrogens with zero attached hydrogens (tertiary/aromatic N) is 2. The molecule has 0 amide bonds. The number of nitrogen functional groups attached to an aromatic ring is 1. The van der Waals surface area contributed by atoms with Crippen molar-refractivity contribution in [2.75, 3.05) is 10.5 Å². The fourth-order valence-corrected chi connectivity index (χ4v) is 6.46. The van der Waals surface area contributed by atoms with Crippen LogP contribution in [0, 0.1) is 5.41 Å². The number of fused-ring (bicyclic) bond motifs is 1. The van der Waals surface area contributed by atoms with Crippen LogP contribution < -0.4 is 10.5 Å². The van der Waals surface area contributed by atoms with Crippen molar-refractivity contribution in [1.82, 2.24) is 8.96 Å². The fraction of sp³-hybridized carbons (Fsp3) is 0. The summed E-state index contributed by atoms with van der Waals surface area (Å²) in [6.45, 7) is 0. The second-order valence-corrected chi connectivity index (χ2v) is 11.6. The first-order valence-corrected chi connectivity index (χ1v) is 13.9. The number of benzene rings is 3. The molecule has 5 rings (SSSR count). The summed E-state index contributed by atoms with van der Waals surface area (Å²) in [7, 11) is -7.85. The maximum atomic E-state index is 13.2. The summed E-state index contributed by atoms with van der Waals surface area (Å²) in [4.78, 5) is 4.48. The van der Waals surface area contributed by atoms with E-state index in [0.717, 1.165) is 10.2 Å². The van der Waals surface area contributed by atoms with Crippen molar-refractivity contribution >= 4 is 48.7 Å². The molecule has 0 unspecified atom stereocenters. The predicted octanol–water partition coefficient (Wildman–Crippen LogP) is 4.32. The number of aromatic nitrogens is 2. The maximum Gasteiger partial charge on any atom is 0.269 e. The van der Waals surface area contributed by atoms with Crippen molar-refractivity contribution in [3.8, 4) is 11.1 Å². The molecule has 0 aliphatic heterocycles. The van der Waals surface area contributed by atoms with Crippen LogP contribution in [0.1, 0.15) is 5.56 Å². The highest BCUT2D eigenvalue weighted by Gasteiger charge is 2.22. The molecule has 5 aromatic rings. The van der Waals surface area contributed by atoms with Crippen molar-refractivity contribution in [2.45, 2.75) is 9.79 Å². The summed E-state index contributed by atoms with van der Waals surface area (Å²) in [5.74, 6) is 0. The Kier molecular flexibility index (Phi) is 6.02. The second-order valence-electron chi connectivity index (χ2n) is 8.12. The Bertz CT molecular complexity index is 1850. The van der Waals surface area contributed by atoms with Gasteiger partial charge in [-0.3, -0.25) is 4.72 Å². The van der Waals surface area contributed by atoms with Crippen LogP contribution in [0.5, 0.6) is 0 Å². The van der Waals surface area contributed by atoms with Gasteiger partial charge in [-0.1, -0.05) is 36.4 Å². The van der Waals surface area contributed by atoms with Crippen molar-refractivity contribution < 1.29 is 16.8 Å². The number of sulfonamides is 1. The molecule has 4 N–H and O–H groups in total. The van der Waals surface area contributed by atoms with Crippen LogP contribution in [-0.2, 0) is 20.0 Å². The molecule has 0 atom stereocenters. The van der Waals surface area contributed by atoms with Crippen molar-refractivity contribution in [3.63, 3.8) is 0 Å². The molecule has 0 aliphatic carbocycles. The van der Waals surface area contributed by atoms with Crippen LogP contribution in [-0.4, -0.2) is 32.0 Å². The van der Waals surface area contributed by atoms with E-state index in [1.807, 2.05) is 0 Å². The van der Waals surface area contributed by atoms with Gasteiger partial charge in [-0.05, 0) is 59.7 Å². The third-order valence-electron chi connectivity index (χ3n) is 5.82. The molecular formula is C26H21N5O4S2. The summed E-state index contributed by atoms with van der Waals surface area (Å²) in [6.07, 6.45) is 3.88. The van der Waals surface area contributed by atoms with E-state index in [1.165, 1.54) is 36.7 Å². The van der Waals surface area contributed by atoms with Gasteiger partial charge in [0.05, 0.1) is 15.5 Å². The molecule has 0 spiro atoms. The average molecular weight is 532 g/mol. The van der Waals surface area contributed by atoms with Gasteiger partial charge in [0.2, 0.25) is 0 Å². The highest BCUT2D eigenvalue weighted by molar-refractivity contribution is 7.92. The first kappa shape index (κ1) is 24.2. The summed E-state index contributed by atoms with van der Waals surface area (Å²) in [6, 6.07) is 22.4. The molecule has 11 heteroatoms. The smallest absolute Gasteiger partial charge is 0.269 e. The molecule has 37 heavy (non-hydrogen) atoms. The first-order chi connectivity index (χ1) is 17.7. The summed E-state index contributed by atoms with van der Waals surface area (Å²) in [5, 5.41) is 8.31. The molecule has 3 aromatic carbocycles. The van der Waals surface area contributed by atoms with Gasteiger partial charge in [-0.25, -0.2) is 25.8 Å². The highest BCUT2D eigenvalue weighted by atomic mass is 32.2. The first-order valence-electron chi connectivity index (χ1n) is 11.0. The summed E-state index contributed by atoms with van der Waals surface area (Å²) < 4.78 is 56.1. The molecule has 2 aromatic heterocycles. The minimum Gasteiger partial charge on any atom is -0.398 e. The van der Waals surface area contributed by atoms with Gasteiger partial charge in [0.25, 0.3) is 20.0 Å². The third kappa shape index (κ3) is 4.34. The van der Waals surface area contributed by atoms with Crippen LogP contribution in [0.2, 0.25) is 0 Å². The SMILES string of the molecule is N=Cc1c(N)cc(-c2ccnc3c2ccn3S(=O)(=O)c2ccccc2)cc1NS(=O)(=O)c1ccccc1. The lowest BCUT2D eigenvalue weighted by Crippen LogP contribution is -2.15. The van der Waals surface area contributed by atoms with E-state index in [0.29, 0.717) is 16.5 Å². The van der Waals surface area contributed by atoms with E-state index in [-0.39, 0.29) is 32.4 Å². The number of pyridine rings is 1. The Hall–Kier alpha value is -4.48. The fourth-order valence-electron chi connectivity index (χ4n) is 4.05. The molecule has 0 aliphatic rings. The minimum atomic E-state index is -3.95. The van der Waals surface area contributed by atoms with Gasteiger partial charge in [-0.15, -0.1) is 0 Å². The van der Waals surface area contributed by atoms with Crippen molar-refractivity contribution in [1.29, 1.82) is 5.41 Å². The minimum absolute atomic E-state index is 0.0596. The van der Waals surface area contributed by atoms with Gasteiger partial charge < -0.3 is 11.1 Å². The number of hydrogen-bond donors (Lipinski definition) is 3. The number of rotatable bonds is 7. The maximum absolute atomic E-state index is 13.2. The van der Waals surface area contributed by atoms with Crippen LogP contribution in [0.25, 0.3) is 22.2 Å². The van der Waals surface area contributed by atoms with Gasteiger partial charge in [0, 0.05) is 35.2 Å². The molecular weight excluding hydrogens is 510 g/mol. The van der Waals surface area contributed by atoms with E-state index in [1.54, 1.807) is 60.7 Å². The van der Waals surface area contributed by atoms with Gasteiger partial charge in [-0.2, -0.15) is 0 Å². The topological polar surface area (TPSA) is 148 Å². The molecule has 0 fully saturated rings. The number of anilines is 2. The second kappa shape index (κ2) is 9.19. The normalized spacial score (nSPS) is 11.9. The molecule has 186 valence electrons. The number of nitrogens with two attached hydrogens (primary N) is 1. The van der Waals surface area contributed by atoms with Crippen LogP contribution in [0.4, 0.5) is 11.4 Å². The lowest BCUT2D eigenvalue weighted by molar-refractivity contribution is 0.588. The van der Waals surface area contributed by atoms with Crippen LogP contribution in [0.15, 0.2) is 107 Å². The van der Waals surface area contributed by atoms with Crippen molar-refractivity contribution in [3.05, 3.63) is 103 Å². The summed E-state index contributed by atoms with van der Waals surface area (Å²) >= 11 is 0. The van der Waals surface area contributed by atoms with E-state index in [2.05, 4.69) is 9.71 Å². The van der Waals surface area contributed by atoms with E-state index < -0.39 is 20.0 Å². The van der Waals surface area contributed by atoms with Crippen LogP contribution in [0.3, 0.4) is 0 Å². The molecule has 9 nitrogen and oxygen atoms in total. The largest absolute Gasteiger partial charge is 0.398 e. The predicted molar refractivity (Wildman–Crippen MR) is 144 cm³/mol. The van der Waals surface area contributed by atoms with Crippen molar-refractivity contribution in [2.24, 2.45) is 0 Å².